The molecule has 0 spiro atoms. The number of hydrogen-bond acceptors (Lipinski definition) is 3. The number of nitrogens with one attached hydrogen (secondary N) is 1. The van der Waals surface area contributed by atoms with Crippen LogP contribution in [0.2, 0.25) is 0 Å². The highest BCUT2D eigenvalue weighted by atomic mass is 16.5. The van der Waals surface area contributed by atoms with Crippen LogP contribution in [-0.4, -0.2) is 37.1 Å². The Morgan fingerprint density at radius 2 is 1.80 bits per heavy atom. The summed E-state index contributed by atoms with van der Waals surface area (Å²) in [5.41, 5.74) is 1.12. The maximum Gasteiger partial charge on any atom is 0.313 e. The quantitative estimate of drug-likeness (QED) is 0.837. The molecule has 3 aliphatic rings. The minimum atomic E-state index is 0.659. The van der Waals surface area contributed by atoms with Gasteiger partial charge in [-0.25, -0.2) is 0 Å². The fourth-order valence-electron chi connectivity index (χ4n) is 3.38. The van der Waals surface area contributed by atoms with Crippen LogP contribution in [0.25, 0.3) is 11.3 Å². The largest absolute Gasteiger partial charge is 0.313 e. The van der Waals surface area contributed by atoms with Crippen LogP contribution in [0.4, 0.5) is 5.82 Å². The van der Waals surface area contributed by atoms with E-state index in [0.29, 0.717) is 6.04 Å². The summed E-state index contributed by atoms with van der Waals surface area (Å²) in [6, 6.07) is 13.1. The van der Waals surface area contributed by atoms with Gasteiger partial charge in [-0.15, -0.1) is 0 Å². The van der Waals surface area contributed by atoms with Crippen molar-refractivity contribution in [3.05, 3.63) is 36.4 Å². The lowest BCUT2D eigenvalue weighted by Crippen LogP contribution is -2.39. The summed E-state index contributed by atoms with van der Waals surface area (Å²) in [4.78, 5) is 5.05. The molecular weight excluding hydrogens is 250 g/mol. The van der Waals surface area contributed by atoms with Crippen LogP contribution < -0.4 is 10.1 Å². The third-order valence-corrected chi connectivity index (χ3v) is 4.56. The first-order chi connectivity index (χ1) is 9.90. The normalized spacial score (nSPS) is 25.7. The minimum Gasteiger partial charge on any atom is -0.303 e. The van der Waals surface area contributed by atoms with Gasteiger partial charge in [0.15, 0.2) is 5.76 Å². The number of H-pyrrole nitrogens is 1. The Kier molecular flexibility index (Phi) is 2.96. The molecule has 3 fully saturated rings. The van der Waals surface area contributed by atoms with Gasteiger partial charge in [-0.2, -0.15) is 0 Å². The van der Waals surface area contributed by atoms with E-state index in [4.69, 9.17) is 4.52 Å². The van der Waals surface area contributed by atoms with Crippen LogP contribution in [0, 0.1) is 0 Å². The average Bonchev–Trinajstić information content (AvgIpc) is 2.81. The second kappa shape index (κ2) is 4.94. The number of piperidine rings is 1. The van der Waals surface area contributed by atoms with Gasteiger partial charge in [0.1, 0.15) is 0 Å². The van der Waals surface area contributed by atoms with Crippen LogP contribution in [0.5, 0.6) is 0 Å². The number of fused-ring (bicyclic) bond motifs is 4. The summed E-state index contributed by atoms with van der Waals surface area (Å²) in [5.74, 6) is 2.04. The maximum absolute atomic E-state index is 5.67. The van der Waals surface area contributed by atoms with Gasteiger partial charge in [0.25, 0.3) is 0 Å². The van der Waals surface area contributed by atoms with Gasteiger partial charge in [0.05, 0.1) is 18.7 Å². The van der Waals surface area contributed by atoms with Crippen LogP contribution in [-0.2, 0) is 0 Å². The highest BCUT2D eigenvalue weighted by Crippen LogP contribution is 2.27. The van der Waals surface area contributed by atoms with E-state index in [-0.39, 0.29) is 0 Å². The predicted molar refractivity (Wildman–Crippen MR) is 77.5 cm³/mol. The molecule has 104 valence electrons. The standard InChI is InChI=1S/C16H19N3O/c1-2-4-13(5-3-1)15-12-16(17-20-15)19-11-10-18-8-6-14(19)7-9-18/h1-5,12,14H,6-11H2/p+1. The molecule has 20 heavy (non-hydrogen) atoms. The minimum absolute atomic E-state index is 0.659. The first-order valence-corrected chi connectivity index (χ1v) is 7.46. The van der Waals surface area contributed by atoms with Crippen LogP contribution in [0.15, 0.2) is 40.9 Å². The van der Waals surface area contributed by atoms with Crippen molar-refractivity contribution in [3.63, 3.8) is 0 Å². The van der Waals surface area contributed by atoms with Gasteiger partial charge in [-0.3, -0.25) is 9.80 Å². The molecule has 0 aliphatic carbocycles. The number of benzene rings is 1. The van der Waals surface area contributed by atoms with Crippen LogP contribution in [0.3, 0.4) is 0 Å². The van der Waals surface area contributed by atoms with Crippen LogP contribution in [0.1, 0.15) is 12.8 Å². The Morgan fingerprint density at radius 3 is 2.60 bits per heavy atom. The molecule has 3 saturated heterocycles. The lowest BCUT2D eigenvalue weighted by atomic mass is 10.1. The molecule has 1 aromatic heterocycles. The number of aromatic amines is 1. The topological polar surface area (TPSA) is 33.8 Å². The van der Waals surface area contributed by atoms with Gasteiger partial charge in [-0.1, -0.05) is 35.5 Å². The number of nitrogens with zero attached hydrogens (tertiary/aromatic N) is 2. The Hall–Kier alpha value is -1.81. The number of anilines is 1. The van der Waals surface area contributed by atoms with Crippen molar-refractivity contribution in [3.8, 4) is 11.3 Å². The van der Waals surface area contributed by atoms with Crippen molar-refractivity contribution in [1.82, 2.24) is 4.90 Å². The van der Waals surface area contributed by atoms with E-state index < -0.39 is 0 Å². The van der Waals surface area contributed by atoms with E-state index in [0.717, 1.165) is 30.2 Å². The Bertz CT molecular complexity index is 572. The molecule has 0 radical (unpaired) electrons. The van der Waals surface area contributed by atoms with Crippen LogP contribution >= 0.6 is 0 Å². The SMILES string of the molecule is c1ccc(-c2cc(N3CCN4CCC3CC4)[nH+]o2)cc1. The third kappa shape index (κ3) is 2.10. The van der Waals surface area contributed by atoms with Crippen molar-refractivity contribution >= 4 is 5.82 Å². The van der Waals surface area contributed by atoms with E-state index >= 15 is 0 Å². The summed E-state index contributed by atoms with van der Waals surface area (Å²) < 4.78 is 5.67. The summed E-state index contributed by atoms with van der Waals surface area (Å²) in [7, 11) is 0. The molecule has 0 unspecified atom stereocenters. The molecule has 4 heterocycles. The second-order valence-electron chi connectivity index (χ2n) is 5.73. The van der Waals surface area contributed by atoms with Crippen molar-refractivity contribution in [2.24, 2.45) is 0 Å². The van der Waals surface area contributed by atoms with E-state index in [1.807, 2.05) is 18.2 Å². The Morgan fingerprint density at radius 1 is 1.00 bits per heavy atom. The van der Waals surface area contributed by atoms with Gasteiger partial charge < -0.3 is 4.52 Å². The van der Waals surface area contributed by atoms with Gasteiger partial charge in [-0.05, 0) is 0 Å². The van der Waals surface area contributed by atoms with E-state index in [1.165, 1.54) is 25.9 Å². The molecule has 3 aliphatic heterocycles. The van der Waals surface area contributed by atoms with Crippen molar-refractivity contribution in [2.45, 2.75) is 18.9 Å². The number of hydrogen-bond donors (Lipinski definition) is 0. The third-order valence-electron chi connectivity index (χ3n) is 4.56. The molecule has 0 saturated carbocycles. The summed E-state index contributed by atoms with van der Waals surface area (Å²) in [6.45, 7) is 4.74. The number of rotatable bonds is 2. The lowest BCUT2D eigenvalue weighted by molar-refractivity contribution is -0.595. The molecule has 1 N–H and O–H groups in total. The van der Waals surface area contributed by atoms with Crippen molar-refractivity contribution < 1.29 is 9.68 Å². The smallest absolute Gasteiger partial charge is 0.303 e. The zero-order valence-electron chi connectivity index (χ0n) is 11.6. The van der Waals surface area contributed by atoms with Gasteiger partial charge in [0.2, 0.25) is 0 Å². The van der Waals surface area contributed by atoms with Gasteiger partial charge >= 0.3 is 5.82 Å². The molecule has 4 nitrogen and oxygen atoms in total. The highest BCUT2D eigenvalue weighted by molar-refractivity contribution is 5.59. The molecule has 5 rings (SSSR count). The molecule has 0 amide bonds. The first kappa shape index (κ1) is 12.0. The first-order valence-electron chi connectivity index (χ1n) is 7.46. The van der Waals surface area contributed by atoms with Crippen molar-refractivity contribution in [2.75, 3.05) is 31.1 Å². The summed E-state index contributed by atoms with van der Waals surface area (Å²) >= 11 is 0. The molecule has 2 aromatic rings. The number of aromatic nitrogens is 1. The summed E-state index contributed by atoms with van der Waals surface area (Å²) in [5, 5.41) is 3.12. The van der Waals surface area contributed by atoms with Gasteiger partial charge in [0, 0.05) is 38.0 Å². The van der Waals surface area contributed by atoms with E-state index in [2.05, 4.69) is 33.2 Å². The maximum atomic E-state index is 5.67. The fraction of sp³-hybridized carbons (Fsp3) is 0.438. The molecular formula is C16H20N3O+. The molecule has 2 bridgehead atoms. The summed E-state index contributed by atoms with van der Waals surface area (Å²) in [6.07, 6.45) is 2.53. The average molecular weight is 270 g/mol. The second-order valence-corrected chi connectivity index (χ2v) is 5.73. The van der Waals surface area contributed by atoms with E-state index in [1.54, 1.807) is 0 Å². The fourth-order valence-corrected chi connectivity index (χ4v) is 3.38. The zero-order chi connectivity index (χ0) is 13.4. The molecule has 0 atom stereocenters. The molecule has 4 heteroatoms. The molecule has 1 aromatic carbocycles. The predicted octanol–water partition coefficient (Wildman–Crippen LogP) is 2.05. The Labute approximate surface area is 119 Å². The van der Waals surface area contributed by atoms with E-state index in [9.17, 15) is 0 Å². The van der Waals surface area contributed by atoms with Crippen molar-refractivity contribution in [1.29, 1.82) is 0 Å². The Balaban J connectivity index is 1.61. The zero-order valence-corrected chi connectivity index (χ0v) is 11.6. The highest BCUT2D eigenvalue weighted by Gasteiger charge is 2.35. The lowest BCUT2D eigenvalue weighted by Gasteiger charge is -2.26. The monoisotopic (exact) mass is 270 g/mol.